The molecule has 2 N–H and O–H groups in total. The molecule has 0 spiro atoms. The molecule has 5 rings (SSSR count). The van der Waals surface area contributed by atoms with Gasteiger partial charge in [0.05, 0.1) is 0 Å². The number of carbonyl (C=O) groups excluding carboxylic acids is 2. The molecule has 0 saturated heterocycles. The van der Waals surface area contributed by atoms with Gasteiger partial charge >= 0.3 is 0 Å². The number of aryl methyl sites for hydroxylation is 2. The van der Waals surface area contributed by atoms with Crippen molar-refractivity contribution in [1.29, 1.82) is 0 Å². The SMILES string of the molecule is C[C@@H]1C[C@H]1C(=O)Nc1nnc(CCCCc2nnc(NC(=O)[C@@H]3C[C@H]3c3ccccc3)s2)s1. The van der Waals surface area contributed by atoms with Crippen LogP contribution in [0.2, 0.25) is 0 Å². The molecule has 2 fully saturated rings. The minimum atomic E-state index is 0.0222. The number of unbranched alkanes of at least 4 members (excludes halogenated alkanes) is 1. The Labute approximate surface area is 200 Å². The fourth-order valence-electron chi connectivity index (χ4n) is 4.00. The van der Waals surface area contributed by atoms with Gasteiger partial charge < -0.3 is 10.6 Å². The first kappa shape index (κ1) is 22.1. The number of anilines is 2. The van der Waals surface area contributed by atoms with E-state index in [-0.39, 0.29) is 23.7 Å². The zero-order valence-corrected chi connectivity index (χ0v) is 20.0. The lowest BCUT2D eigenvalue weighted by Gasteiger charge is -2.01. The lowest BCUT2D eigenvalue weighted by molar-refractivity contribution is -0.118. The molecule has 0 unspecified atom stereocenters. The standard InChI is InChI=1S/C23H26N6O2S2/c1-13-11-15(13)20(30)24-22-28-26-18(32-22)9-5-6-10-19-27-29-23(33-19)25-21(31)17-12-16(17)14-7-3-2-4-8-14/h2-4,7-8,13,15-17H,5-6,9-12H2,1H3,(H,24,28,30)(H,25,29,31)/t13-,15-,16+,17-/m1/s1. The molecule has 0 radical (unpaired) electrons. The molecule has 2 aliphatic carbocycles. The molecular formula is C23H26N6O2S2. The van der Waals surface area contributed by atoms with Gasteiger partial charge in [-0.15, -0.1) is 20.4 Å². The van der Waals surface area contributed by atoms with Gasteiger partial charge in [-0.1, -0.05) is 59.9 Å². The maximum Gasteiger partial charge on any atom is 0.229 e. The van der Waals surface area contributed by atoms with E-state index in [0.717, 1.165) is 48.5 Å². The fourth-order valence-corrected chi connectivity index (χ4v) is 5.57. The van der Waals surface area contributed by atoms with Gasteiger partial charge in [-0.05, 0) is 43.1 Å². The first-order valence-electron chi connectivity index (χ1n) is 11.4. The summed E-state index contributed by atoms with van der Waals surface area (Å²) in [6, 6.07) is 10.2. The maximum atomic E-state index is 12.5. The Kier molecular flexibility index (Phi) is 6.45. The molecule has 8 nitrogen and oxygen atoms in total. The Morgan fingerprint density at radius 2 is 1.39 bits per heavy atom. The van der Waals surface area contributed by atoms with E-state index in [1.807, 2.05) is 18.2 Å². The molecule has 0 bridgehead atoms. The summed E-state index contributed by atoms with van der Waals surface area (Å²) in [5.74, 6) is 1.03. The molecule has 4 atom stereocenters. The summed E-state index contributed by atoms with van der Waals surface area (Å²) in [6.07, 6.45) is 5.37. The molecule has 10 heteroatoms. The van der Waals surface area contributed by atoms with Crippen LogP contribution in [0.5, 0.6) is 0 Å². The van der Waals surface area contributed by atoms with Crippen LogP contribution in [0.1, 0.15) is 54.1 Å². The third-order valence-electron chi connectivity index (χ3n) is 6.23. The van der Waals surface area contributed by atoms with Crippen LogP contribution in [0.3, 0.4) is 0 Å². The highest BCUT2D eigenvalue weighted by atomic mass is 32.1. The van der Waals surface area contributed by atoms with E-state index in [4.69, 9.17) is 0 Å². The summed E-state index contributed by atoms with van der Waals surface area (Å²) in [5.41, 5.74) is 1.22. The van der Waals surface area contributed by atoms with Crippen molar-refractivity contribution in [3.63, 3.8) is 0 Å². The molecule has 2 aliphatic rings. The highest BCUT2D eigenvalue weighted by molar-refractivity contribution is 7.15. The quantitative estimate of drug-likeness (QED) is 0.417. The number of nitrogens with one attached hydrogen (secondary N) is 2. The lowest BCUT2D eigenvalue weighted by atomic mass is 10.1. The summed E-state index contributed by atoms with van der Waals surface area (Å²) in [5, 5.41) is 25.4. The second-order valence-corrected chi connectivity index (χ2v) is 11.0. The van der Waals surface area contributed by atoms with Gasteiger partial charge in [-0.25, -0.2) is 0 Å². The monoisotopic (exact) mass is 482 g/mol. The Morgan fingerprint density at radius 3 is 1.94 bits per heavy atom. The van der Waals surface area contributed by atoms with Crippen LogP contribution >= 0.6 is 22.7 Å². The van der Waals surface area contributed by atoms with Gasteiger partial charge in [0.2, 0.25) is 22.1 Å². The second kappa shape index (κ2) is 9.64. The number of nitrogens with zero attached hydrogens (tertiary/aromatic N) is 4. The van der Waals surface area contributed by atoms with E-state index in [9.17, 15) is 9.59 Å². The Balaban J connectivity index is 1.01. The van der Waals surface area contributed by atoms with Gasteiger partial charge in [0, 0.05) is 24.7 Å². The first-order chi connectivity index (χ1) is 16.1. The topological polar surface area (TPSA) is 110 Å². The van der Waals surface area contributed by atoms with Crippen molar-refractivity contribution >= 4 is 44.8 Å². The number of amides is 2. The Hall–Kier alpha value is -2.72. The number of rotatable bonds is 10. The van der Waals surface area contributed by atoms with Crippen molar-refractivity contribution in [1.82, 2.24) is 20.4 Å². The average Bonchev–Trinajstić information content (AvgIpc) is 3.67. The number of carbonyl (C=O) groups is 2. The number of hydrogen-bond acceptors (Lipinski definition) is 8. The van der Waals surface area contributed by atoms with Gasteiger partial charge in [0.1, 0.15) is 10.0 Å². The van der Waals surface area contributed by atoms with Crippen LogP contribution in [0.4, 0.5) is 10.3 Å². The van der Waals surface area contributed by atoms with E-state index in [2.05, 4.69) is 50.1 Å². The van der Waals surface area contributed by atoms with Crippen LogP contribution < -0.4 is 10.6 Å². The van der Waals surface area contributed by atoms with E-state index < -0.39 is 0 Å². The minimum absolute atomic E-state index is 0.0222. The van der Waals surface area contributed by atoms with Crippen molar-refractivity contribution < 1.29 is 9.59 Å². The summed E-state index contributed by atoms with van der Waals surface area (Å²) in [4.78, 5) is 24.5. The normalized spacial score (nSPS) is 23.2. The van der Waals surface area contributed by atoms with E-state index in [1.54, 1.807) is 0 Å². The largest absolute Gasteiger partial charge is 0.300 e. The summed E-state index contributed by atoms with van der Waals surface area (Å²) in [6.45, 7) is 2.08. The molecule has 172 valence electrons. The van der Waals surface area contributed by atoms with E-state index in [0.29, 0.717) is 22.1 Å². The van der Waals surface area contributed by atoms with Crippen molar-refractivity contribution in [2.24, 2.45) is 17.8 Å². The summed E-state index contributed by atoms with van der Waals surface area (Å²) in [7, 11) is 0. The van der Waals surface area contributed by atoms with Gasteiger partial charge in [0.25, 0.3) is 0 Å². The highest BCUT2D eigenvalue weighted by Crippen LogP contribution is 2.48. The molecule has 2 amide bonds. The lowest BCUT2D eigenvalue weighted by Crippen LogP contribution is -2.14. The third-order valence-corrected chi connectivity index (χ3v) is 8.02. The van der Waals surface area contributed by atoms with Crippen molar-refractivity contribution in [3.8, 4) is 0 Å². The van der Waals surface area contributed by atoms with Crippen LogP contribution in [0.25, 0.3) is 0 Å². The first-order valence-corrected chi connectivity index (χ1v) is 13.0. The molecule has 2 heterocycles. The van der Waals surface area contributed by atoms with Crippen LogP contribution in [-0.2, 0) is 22.4 Å². The van der Waals surface area contributed by atoms with Crippen LogP contribution in [0.15, 0.2) is 30.3 Å². The third kappa shape index (κ3) is 5.62. The van der Waals surface area contributed by atoms with Gasteiger partial charge in [-0.3, -0.25) is 9.59 Å². The molecule has 3 aromatic rings. The summed E-state index contributed by atoms with van der Waals surface area (Å²) >= 11 is 2.89. The Morgan fingerprint density at radius 1 is 0.848 bits per heavy atom. The zero-order chi connectivity index (χ0) is 22.8. The van der Waals surface area contributed by atoms with Gasteiger partial charge in [-0.2, -0.15) is 0 Å². The summed E-state index contributed by atoms with van der Waals surface area (Å²) < 4.78 is 0. The second-order valence-electron chi connectivity index (χ2n) is 8.87. The Bertz CT molecular complexity index is 1130. The van der Waals surface area contributed by atoms with Crippen molar-refractivity contribution in [3.05, 3.63) is 45.9 Å². The minimum Gasteiger partial charge on any atom is -0.300 e. The van der Waals surface area contributed by atoms with Crippen LogP contribution in [0, 0.1) is 17.8 Å². The molecule has 1 aromatic carbocycles. The van der Waals surface area contributed by atoms with E-state index in [1.165, 1.54) is 28.2 Å². The smallest absolute Gasteiger partial charge is 0.229 e. The van der Waals surface area contributed by atoms with Crippen molar-refractivity contribution in [2.45, 2.75) is 51.4 Å². The van der Waals surface area contributed by atoms with Gasteiger partial charge in [0.15, 0.2) is 0 Å². The number of hydrogen-bond donors (Lipinski definition) is 2. The molecule has 0 aliphatic heterocycles. The van der Waals surface area contributed by atoms with Crippen molar-refractivity contribution in [2.75, 3.05) is 10.6 Å². The predicted octanol–water partition coefficient (Wildman–Crippen LogP) is 4.29. The molecule has 2 saturated carbocycles. The van der Waals surface area contributed by atoms with E-state index >= 15 is 0 Å². The number of benzene rings is 1. The number of aromatic nitrogens is 4. The maximum absolute atomic E-state index is 12.5. The average molecular weight is 483 g/mol. The molecular weight excluding hydrogens is 456 g/mol. The molecule has 2 aromatic heterocycles. The zero-order valence-electron chi connectivity index (χ0n) is 18.4. The predicted molar refractivity (Wildman–Crippen MR) is 128 cm³/mol. The fraction of sp³-hybridized carbons (Fsp3) is 0.478. The van der Waals surface area contributed by atoms with Crippen LogP contribution in [-0.4, -0.2) is 32.2 Å². The molecule has 33 heavy (non-hydrogen) atoms. The highest BCUT2D eigenvalue weighted by Gasteiger charge is 2.44.